The Labute approximate surface area is 132 Å². The van der Waals surface area contributed by atoms with Crippen LogP contribution in [0.15, 0.2) is 23.8 Å². The van der Waals surface area contributed by atoms with Crippen molar-refractivity contribution in [3.05, 3.63) is 39.4 Å². The van der Waals surface area contributed by atoms with Crippen LogP contribution >= 0.6 is 0 Å². The summed E-state index contributed by atoms with van der Waals surface area (Å²) >= 11 is 0. The van der Waals surface area contributed by atoms with Crippen molar-refractivity contribution in [3.8, 4) is 5.75 Å². The van der Waals surface area contributed by atoms with Gasteiger partial charge in [-0.25, -0.2) is 4.79 Å². The fourth-order valence-electron chi connectivity index (χ4n) is 1.78. The summed E-state index contributed by atoms with van der Waals surface area (Å²) in [5, 5.41) is 20.5. The molecular weight excluding hydrogens is 306 g/mol. The van der Waals surface area contributed by atoms with E-state index < -0.39 is 16.9 Å². The topological polar surface area (TPSA) is 116 Å². The number of carbonyl (C=O) groups excluding carboxylic acids is 2. The Hall–Kier alpha value is -2.90. The third-order valence-corrected chi connectivity index (χ3v) is 2.72. The average Bonchev–Trinajstić information content (AvgIpc) is 2.46. The second-order valence-electron chi connectivity index (χ2n) is 4.37. The minimum Gasteiger partial charge on any atom is -0.508 e. The number of ether oxygens (including phenoxy) is 2. The molecule has 0 spiro atoms. The van der Waals surface area contributed by atoms with E-state index in [4.69, 9.17) is 9.47 Å². The first kappa shape index (κ1) is 18.1. The first-order chi connectivity index (χ1) is 10.9. The van der Waals surface area contributed by atoms with Crippen molar-refractivity contribution in [2.75, 3.05) is 13.2 Å². The number of nitro benzene ring substituents is 1. The van der Waals surface area contributed by atoms with Gasteiger partial charge in [0.05, 0.1) is 30.1 Å². The molecule has 1 N–H and O–H groups in total. The number of phenols is 1. The molecular formula is C15H17NO7. The van der Waals surface area contributed by atoms with Crippen molar-refractivity contribution in [3.63, 3.8) is 0 Å². The average molecular weight is 323 g/mol. The molecule has 0 radical (unpaired) electrons. The maximum absolute atomic E-state index is 11.9. The zero-order chi connectivity index (χ0) is 17.4. The van der Waals surface area contributed by atoms with Crippen LogP contribution in [-0.2, 0) is 19.1 Å². The quantitative estimate of drug-likeness (QED) is 0.354. The van der Waals surface area contributed by atoms with Gasteiger partial charge in [-0.05, 0) is 32.1 Å². The molecule has 1 aromatic carbocycles. The lowest BCUT2D eigenvalue weighted by atomic mass is 10.1. The highest BCUT2D eigenvalue weighted by Crippen LogP contribution is 2.26. The molecule has 0 fully saturated rings. The third kappa shape index (κ3) is 5.42. The number of nitrogens with zero attached hydrogens (tertiary/aromatic N) is 1. The number of carbonyl (C=O) groups is 2. The first-order valence-electron chi connectivity index (χ1n) is 6.89. The van der Waals surface area contributed by atoms with Crippen LogP contribution < -0.4 is 0 Å². The van der Waals surface area contributed by atoms with Crippen LogP contribution in [0.4, 0.5) is 5.69 Å². The highest BCUT2D eigenvalue weighted by molar-refractivity contribution is 5.98. The van der Waals surface area contributed by atoms with E-state index in [1.807, 2.05) is 0 Å². The number of esters is 2. The molecule has 8 heteroatoms. The zero-order valence-corrected chi connectivity index (χ0v) is 12.8. The standard InChI is InChI=1S/C15H17NO7/c1-3-22-14(18)9-11(15(19)23-4-2)7-10-8-12(17)5-6-13(10)16(20)21/h5-8,17H,3-4,9H2,1-2H3/b11-7+. The lowest BCUT2D eigenvalue weighted by molar-refractivity contribution is -0.385. The van der Waals surface area contributed by atoms with E-state index in [9.17, 15) is 24.8 Å². The Bertz CT molecular complexity index is 637. The Morgan fingerprint density at radius 1 is 1.26 bits per heavy atom. The molecule has 0 atom stereocenters. The third-order valence-electron chi connectivity index (χ3n) is 2.72. The van der Waals surface area contributed by atoms with E-state index in [1.165, 1.54) is 0 Å². The summed E-state index contributed by atoms with van der Waals surface area (Å²) in [6.07, 6.45) is 0.756. The number of hydrogen-bond acceptors (Lipinski definition) is 7. The van der Waals surface area contributed by atoms with Gasteiger partial charge in [-0.1, -0.05) is 0 Å². The summed E-state index contributed by atoms with van der Waals surface area (Å²) in [6.45, 7) is 3.44. The molecule has 0 aliphatic carbocycles. The number of aromatic hydroxyl groups is 1. The van der Waals surface area contributed by atoms with Crippen molar-refractivity contribution in [1.29, 1.82) is 0 Å². The molecule has 0 unspecified atom stereocenters. The molecule has 1 rings (SSSR count). The monoisotopic (exact) mass is 323 g/mol. The molecule has 0 saturated heterocycles. The molecule has 0 amide bonds. The summed E-state index contributed by atoms with van der Waals surface area (Å²) in [7, 11) is 0. The van der Waals surface area contributed by atoms with Crippen molar-refractivity contribution < 1.29 is 29.1 Å². The van der Waals surface area contributed by atoms with Crippen molar-refractivity contribution in [2.24, 2.45) is 0 Å². The van der Waals surface area contributed by atoms with Crippen LogP contribution in [0.1, 0.15) is 25.8 Å². The van der Waals surface area contributed by atoms with Gasteiger partial charge in [-0.3, -0.25) is 14.9 Å². The highest BCUT2D eigenvalue weighted by atomic mass is 16.6. The fourth-order valence-corrected chi connectivity index (χ4v) is 1.78. The lowest BCUT2D eigenvalue weighted by Gasteiger charge is -2.07. The SMILES string of the molecule is CCOC(=O)C/C(=C\c1cc(O)ccc1[N+](=O)[O-])C(=O)OCC. The van der Waals surface area contributed by atoms with Gasteiger partial charge in [-0.15, -0.1) is 0 Å². The van der Waals surface area contributed by atoms with Crippen LogP contribution in [0, 0.1) is 10.1 Å². The maximum atomic E-state index is 11.9. The van der Waals surface area contributed by atoms with E-state index in [2.05, 4.69) is 0 Å². The minimum atomic E-state index is -0.779. The molecule has 0 bridgehead atoms. The van der Waals surface area contributed by atoms with Crippen LogP contribution in [0.2, 0.25) is 0 Å². The molecule has 0 saturated carbocycles. The summed E-state index contributed by atoms with van der Waals surface area (Å²) in [4.78, 5) is 33.9. The Morgan fingerprint density at radius 3 is 2.48 bits per heavy atom. The van der Waals surface area contributed by atoms with Crippen molar-refractivity contribution in [1.82, 2.24) is 0 Å². The minimum absolute atomic E-state index is 0.0117. The van der Waals surface area contributed by atoms with Crippen LogP contribution in [0.3, 0.4) is 0 Å². The zero-order valence-electron chi connectivity index (χ0n) is 12.8. The molecule has 1 aromatic rings. The molecule has 0 aliphatic rings. The molecule has 23 heavy (non-hydrogen) atoms. The largest absolute Gasteiger partial charge is 0.508 e. The van der Waals surface area contributed by atoms with E-state index in [-0.39, 0.29) is 42.2 Å². The molecule has 0 heterocycles. The predicted octanol–water partition coefficient (Wildman–Crippen LogP) is 2.20. The van der Waals surface area contributed by atoms with Gasteiger partial charge >= 0.3 is 11.9 Å². The fraction of sp³-hybridized carbons (Fsp3) is 0.333. The molecule has 8 nitrogen and oxygen atoms in total. The van der Waals surface area contributed by atoms with Gasteiger partial charge in [-0.2, -0.15) is 0 Å². The van der Waals surface area contributed by atoms with Gasteiger partial charge < -0.3 is 14.6 Å². The predicted molar refractivity (Wildman–Crippen MR) is 80.6 cm³/mol. The number of benzene rings is 1. The maximum Gasteiger partial charge on any atom is 0.334 e. The van der Waals surface area contributed by atoms with Crippen LogP contribution in [0.5, 0.6) is 5.75 Å². The second kappa shape index (κ2) is 8.52. The number of rotatable bonds is 7. The molecule has 0 aliphatic heterocycles. The van der Waals surface area contributed by atoms with Gasteiger partial charge in [0, 0.05) is 11.6 Å². The summed E-state index contributed by atoms with van der Waals surface area (Å²) in [5.74, 6) is -1.64. The van der Waals surface area contributed by atoms with Crippen molar-refractivity contribution in [2.45, 2.75) is 20.3 Å². The van der Waals surface area contributed by atoms with E-state index >= 15 is 0 Å². The number of hydrogen-bond donors (Lipinski definition) is 1. The van der Waals surface area contributed by atoms with Gasteiger partial charge in [0.1, 0.15) is 5.75 Å². The summed E-state index contributed by atoms with van der Waals surface area (Å²) < 4.78 is 9.61. The van der Waals surface area contributed by atoms with E-state index in [1.54, 1.807) is 13.8 Å². The smallest absolute Gasteiger partial charge is 0.334 e. The summed E-state index contributed by atoms with van der Waals surface area (Å²) in [5.41, 5.74) is -0.421. The van der Waals surface area contributed by atoms with Gasteiger partial charge in [0.25, 0.3) is 5.69 Å². The van der Waals surface area contributed by atoms with Crippen LogP contribution in [0.25, 0.3) is 6.08 Å². The number of phenolic OH excluding ortho intramolecular Hbond substituents is 1. The van der Waals surface area contributed by atoms with Gasteiger partial charge in [0.15, 0.2) is 0 Å². The van der Waals surface area contributed by atoms with E-state index in [0.717, 1.165) is 24.3 Å². The molecule has 124 valence electrons. The van der Waals surface area contributed by atoms with Crippen molar-refractivity contribution >= 4 is 23.7 Å². The van der Waals surface area contributed by atoms with Crippen LogP contribution in [-0.4, -0.2) is 35.2 Å². The second-order valence-corrected chi connectivity index (χ2v) is 4.37. The van der Waals surface area contributed by atoms with Gasteiger partial charge in [0.2, 0.25) is 0 Å². The first-order valence-corrected chi connectivity index (χ1v) is 6.89. The summed E-state index contributed by atoms with van der Waals surface area (Å²) in [6, 6.07) is 3.39. The molecule has 0 aromatic heterocycles. The Balaban J connectivity index is 3.27. The highest BCUT2D eigenvalue weighted by Gasteiger charge is 2.19. The normalized spacial score (nSPS) is 11.0. The Morgan fingerprint density at radius 2 is 1.91 bits per heavy atom. The number of nitro groups is 1. The van der Waals surface area contributed by atoms with E-state index in [0.29, 0.717) is 0 Å². The Kier molecular flexibility index (Phi) is 6.72. The lowest BCUT2D eigenvalue weighted by Crippen LogP contribution is -2.13.